The minimum atomic E-state index is -2.90. The standard InChI is InChI=1S/C26H39N3O4Si/c1-25(2,3)32-24(31)28-19-21(17-20(30)18-29-27)33-34(26(4,5)6,22-13-9-7-10-14-22)23-15-11-8-12-16-23/h7-16,20-21,27,30H,17-19H2,1-6H3,(H,28,31). The monoisotopic (exact) mass is 485 g/mol. The van der Waals surface area contributed by atoms with E-state index in [0.29, 0.717) is 0 Å². The second-order valence-electron chi connectivity index (χ2n) is 10.5. The summed E-state index contributed by atoms with van der Waals surface area (Å²) in [4.78, 5) is 12.4. The quantitative estimate of drug-likeness (QED) is 0.346. The van der Waals surface area contributed by atoms with Gasteiger partial charge in [0, 0.05) is 13.0 Å². The van der Waals surface area contributed by atoms with Gasteiger partial charge >= 0.3 is 6.09 Å². The maximum Gasteiger partial charge on any atom is 0.407 e. The van der Waals surface area contributed by atoms with Gasteiger partial charge in [-0.15, -0.1) is 0 Å². The zero-order valence-electron chi connectivity index (χ0n) is 21.2. The zero-order chi connectivity index (χ0) is 25.4. The summed E-state index contributed by atoms with van der Waals surface area (Å²) in [5.74, 6) is 0. The van der Waals surface area contributed by atoms with Crippen molar-refractivity contribution in [3.63, 3.8) is 0 Å². The van der Waals surface area contributed by atoms with Gasteiger partial charge in [-0.2, -0.15) is 5.11 Å². The largest absolute Gasteiger partial charge is 0.444 e. The molecule has 8 heteroatoms. The summed E-state index contributed by atoms with van der Waals surface area (Å²) < 4.78 is 12.5. The lowest BCUT2D eigenvalue weighted by Crippen LogP contribution is -2.68. The van der Waals surface area contributed by atoms with Gasteiger partial charge in [-0.05, 0) is 36.2 Å². The average Bonchev–Trinajstić information content (AvgIpc) is 2.75. The maximum absolute atomic E-state index is 12.4. The zero-order valence-corrected chi connectivity index (χ0v) is 22.2. The van der Waals surface area contributed by atoms with Gasteiger partial charge in [-0.1, -0.05) is 81.4 Å². The van der Waals surface area contributed by atoms with Gasteiger partial charge in [0.25, 0.3) is 8.32 Å². The number of hydrogen-bond donors (Lipinski definition) is 3. The molecule has 0 bridgehead atoms. The van der Waals surface area contributed by atoms with Crippen LogP contribution in [-0.4, -0.2) is 50.4 Å². The van der Waals surface area contributed by atoms with Crippen LogP contribution in [0.25, 0.3) is 0 Å². The highest BCUT2D eigenvalue weighted by molar-refractivity contribution is 6.99. The van der Waals surface area contributed by atoms with E-state index in [-0.39, 0.29) is 24.5 Å². The molecule has 0 heterocycles. The number of carbonyl (C=O) groups is 1. The second kappa shape index (κ2) is 11.7. The van der Waals surface area contributed by atoms with E-state index in [2.05, 4.69) is 55.5 Å². The van der Waals surface area contributed by atoms with Crippen molar-refractivity contribution in [3.8, 4) is 0 Å². The maximum atomic E-state index is 12.4. The third kappa shape index (κ3) is 7.48. The number of amides is 1. The molecule has 0 aliphatic heterocycles. The molecule has 0 spiro atoms. The predicted octanol–water partition coefficient (Wildman–Crippen LogP) is 4.24. The summed E-state index contributed by atoms with van der Waals surface area (Å²) in [6.45, 7) is 12.1. The van der Waals surface area contributed by atoms with Gasteiger partial charge in [-0.25, -0.2) is 10.3 Å². The fourth-order valence-electron chi connectivity index (χ4n) is 4.11. The normalized spacial score (nSPS) is 14.2. The molecule has 186 valence electrons. The number of alkyl carbamates (subject to hydrolysis) is 1. The summed E-state index contributed by atoms with van der Waals surface area (Å²) in [5, 5.41) is 18.6. The third-order valence-electron chi connectivity index (χ3n) is 5.47. The van der Waals surface area contributed by atoms with Crippen LogP contribution in [0.5, 0.6) is 0 Å². The molecule has 2 rings (SSSR count). The van der Waals surface area contributed by atoms with E-state index in [0.717, 1.165) is 10.4 Å². The van der Waals surface area contributed by atoms with Crippen LogP contribution < -0.4 is 15.7 Å². The van der Waals surface area contributed by atoms with Crippen LogP contribution in [-0.2, 0) is 9.16 Å². The van der Waals surface area contributed by atoms with Gasteiger partial charge in [0.1, 0.15) is 5.60 Å². The number of aliphatic hydroxyl groups excluding tert-OH is 1. The molecular formula is C26H39N3O4Si. The Hall–Kier alpha value is -2.55. The molecular weight excluding hydrogens is 446 g/mol. The molecule has 0 radical (unpaired) electrons. The number of aliphatic hydroxyl groups is 1. The van der Waals surface area contributed by atoms with Crippen molar-refractivity contribution in [2.45, 2.75) is 70.8 Å². The first-order valence-electron chi connectivity index (χ1n) is 11.7. The van der Waals surface area contributed by atoms with E-state index in [9.17, 15) is 9.90 Å². The molecule has 0 fully saturated rings. The first-order chi connectivity index (χ1) is 15.9. The van der Waals surface area contributed by atoms with Gasteiger partial charge < -0.3 is 19.6 Å². The summed E-state index contributed by atoms with van der Waals surface area (Å²) in [5.41, 5.74) is 6.51. The van der Waals surface area contributed by atoms with Crippen molar-refractivity contribution in [1.29, 1.82) is 5.53 Å². The van der Waals surface area contributed by atoms with Crippen molar-refractivity contribution in [1.82, 2.24) is 5.32 Å². The van der Waals surface area contributed by atoms with Gasteiger partial charge in [0.2, 0.25) is 0 Å². The Morgan fingerprint density at radius 2 is 1.50 bits per heavy atom. The highest BCUT2D eigenvalue weighted by Gasteiger charge is 2.51. The molecule has 0 aromatic heterocycles. The Kier molecular flexibility index (Phi) is 9.55. The van der Waals surface area contributed by atoms with Crippen LogP contribution in [0.3, 0.4) is 0 Å². The van der Waals surface area contributed by atoms with E-state index in [1.54, 1.807) is 0 Å². The number of carbonyl (C=O) groups excluding carboxylic acids is 1. The number of nitrogens with one attached hydrogen (secondary N) is 2. The molecule has 1 amide bonds. The van der Waals surface area contributed by atoms with E-state index in [4.69, 9.17) is 14.7 Å². The summed E-state index contributed by atoms with van der Waals surface area (Å²) >= 11 is 0. The molecule has 2 aromatic carbocycles. The van der Waals surface area contributed by atoms with Crippen LogP contribution >= 0.6 is 0 Å². The molecule has 0 saturated heterocycles. The first-order valence-corrected chi connectivity index (χ1v) is 13.6. The topological polar surface area (TPSA) is 104 Å². The van der Waals surface area contributed by atoms with Crippen molar-refractivity contribution in [3.05, 3.63) is 60.7 Å². The highest BCUT2D eigenvalue weighted by atomic mass is 28.4. The van der Waals surface area contributed by atoms with Crippen molar-refractivity contribution in [2.75, 3.05) is 13.1 Å². The lowest BCUT2D eigenvalue weighted by Gasteiger charge is -2.45. The van der Waals surface area contributed by atoms with Crippen molar-refractivity contribution in [2.24, 2.45) is 5.11 Å². The van der Waals surface area contributed by atoms with Crippen LogP contribution in [0.2, 0.25) is 5.04 Å². The van der Waals surface area contributed by atoms with Gasteiger partial charge in [0.05, 0.1) is 18.8 Å². The Bertz CT molecular complexity index is 872. The Morgan fingerprint density at radius 1 is 1.00 bits per heavy atom. The van der Waals surface area contributed by atoms with Gasteiger partial charge in [0.15, 0.2) is 0 Å². The van der Waals surface area contributed by atoms with E-state index in [1.807, 2.05) is 57.2 Å². The highest BCUT2D eigenvalue weighted by Crippen LogP contribution is 2.38. The molecule has 0 aliphatic carbocycles. The van der Waals surface area contributed by atoms with Crippen LogP contribution in [0.4, 0.5) is 4.79 Å². The summed E-state index contributed by atoms with van der Waals surface area (Å²) in [6.07, 6.45) is -1.69. The smallest absolute Gasteiger partial charge is 0.407 e. The third-order valence-corrected chi connectivity index (χ3v) is 10.6. The van der Waals surface area contributed by atoms with E-state index < -0.39 is 32.2 Å². The molecule has 3 N–H and O–H groups in total. The molecule has 2 atom stereocenters. The average molecular weight is 486 g/mol. The molecule has 0 aliphatic rings. The lowest BCUT2D eigenvalue weighted by atomic mass is 10.1. The fourth-order valence-corrected chi connectivity index (χ4v) is 8.80. The Balaban J connectivity index is 2.50. The Labute approximate surface area is 204 Å². The van der Waals surface area contributed by atoms with Gasteiger partial charge in [-0.3, -0.25) is 0 Å². The first kappa shape index (κ1) is 27.7. The molecule has 7 nitrogen and oxygen atoms in total. The number of hydrogen-bond acceptors (Lipinski definition) is 6. The fraction of sp³-hybridized carbons (Fsp3) is 0.500. The number of nitrogens with zero attached hydrogens (tertiary/aromatic N) is 1. The van der Waals surface area contributed by atoms with Crippen molar-refractivity contribution >= 4 is 24.8 Å². The van der Waals surface area contributed by atoms with E-state index in [1.165, 1.54) is 0 Å². The van der Waals surface area contributed by atoms with Crippen LogP contribution in [0.1, 0.15) is 48.0 Å². The van der Waals surface area contributed by atoms with E-state index >= 15 is 0 Å². The minimum Gasteiger partial charge on any atom is -0.444 e. The summed E-state index contributed by atoms with van der Waals surface area (Å²) in [7, 11) is -2.90. The predicted molar refractivity (Wildman–Crippen MR) is 137 cm³/mol. The van der Waals surface area contributed by atoms with Crippen molar-refractivity contribution < 1.29 is 19.1 Å². The number of rotatable bonds is 10. The minimum absolute atomic E-state index is 0.0208. The second-order valence-corrected chi connectivity index (χ2v) is 14.8. The Morgan fingerprint density at radius 3 is 1.91 bits per heavy atom. The molecule has 2 unspecified atom stereocenters. The molecule has 2 aromatic rings. The van der Waals surface area contributed by atoms with Crippen LogP contribution in [0.15, 0.2) is 65.8 Å². The summed E-state index contributed by atoms with van der Waals surface area (Å²) in [6, 6.07) is 20.4. The number of benzene rings is 2. The lowest BCUT2D eigenvalue weighted by molar-refractivity contribution is 0.0462. The molecule has 0 saturated carbocycles. The number of ether oxygens (including phenoxy) is 1. The van der Waals surface area contributed by atoms with Crippen LogP contribution in [0, 0.1) is 5.53 Å². The SMILES string of the molecule is CC(C)(C)OC(=O)NCC(CC(O)CN=N)O[Si](c1ccccc1)(c1ccccc1)C(C)(C)C. The molecule has 34 heavy (non-hydrogen) atoms.